The molecule has 2 rings (SSSR count). The van der Waals surface area contributed by atoms with Crippen molar-refractivity contribution in [3.05, 3.63) is 17.6 Å². The van der Waals surface area contributed by atoms with Gasteiger partial charge in [0, 0.05) is 19.0 Å². The van der Waals surface area contributed by atoms with Crippen molar-refractivity contribution in [1.82, 2.24) is 19.9 Å². The van der Waals surface area contributed by atoms with Gasteiger partial charge in [-0.1, -0.05) is 19.0 Å². The van der Waals surface area contributed by atoms with Crippen LogP contribution in [0.15, 0.2) is 15.7 Å². The van der Waals surface area contributed by atoms with Crippen LogP contribution in [0.25, 0.3) is 0 Å². The van der Waals surface area contributed by atoms with Crippen LogP contribution >= 0.6 is 0 Å². The molecule has 0 aromatic carbocycles. The van der Waals surface area contributed by atoms with E-state index in [1.165, 1.54) is 0 Å². The van der Waals surface area contributed by atoms with Gasteiger partial charge in [0.05, 0.1) is 5.69 Å². The van der Waals surface area contributed by atoms with E-state index in [1.807, 2.05) is 13.8 Å². The zero-order valence-electron chi connectivity index (χ0n) is 13.2. The molecule has 2 aromatic heterocycles. The largest absolute Gasteiger partial charge is 0.338 e. The Balaban J connectivity index is 2.13. The van der Waals surface area contributed by atoms with Crippen LogP contribution in [0.3, 0.4) is 0 Å². The van der Waals surface area contributed by atoms with E-state index in [4.69, 9.17) is 4.52 Å². The maximum atomic E-state index is 12.5. The molecule has 0 fully saturated rings. The van der Waals surface area contributed by atoms with Gasteiger partial charge in [0.1, 0.15) is 21.9 Å². The number of aryl methyl sites for hydroxylation is 1. The number of amides is 1. The summed E-state index contributed by atoms with van der Waals surface area (Å²) in [4.78, 5) is 12.1. The van der Waals surface area contributed by atoms with Gasteiger partial charge in [-0.05, 0) is 13.8 Å². The topological polar surface area (TPSA) is 103 Å². The normalized spacial score (nSPS) is 14.1. The van der Waals surface area contributed by atoms with Crippen molar-refractivity contribution < 1.29 is 13.5 Å². The predicted molar refractivity (Wildman–Crippen MR) is 80.8 cm³/mol. The molecule has 9 heteroatoms. The van der Waals surface area contributed by atoms with E-state index in [0.717, 1.165) is 5.82 Å². The summed E-state index contributed by atoms with van der Waals surface area (Å²) in [5, 5.41) is 13.7. The van der Waals surface area contributed by atoms with Gasteiger partial charge in [0.2, 0.25) is 16.9 Å². The van der Waals surface area contributed by atoms with Gasteiger partial charge in [0.15, 0.2) is 0 Å². The van der Waals surface area contributed by atoms with Gasteiger partial charge in [0.25, 0.3) is 0 Å². The summed E-state index contributed by atoms with van der Waals surface area (Å²) in [6.07, 6.45) is 0. The van der Waals surface area contributed by atoms with Crippen molar-refractivity contribution in [1.29, 1.82) is 0 Å². The molecule has 0 saturated heterocycles. The first-order valence-electron chi connectivity index (χ1n) is 6.85. The number of carbonyl (C=O) groups is 1. The van der Waals surface area contributed by atoms with Crippen molar-refractivity contribution in [3.8, 4) is 0 Å². The van der Waals surface area contributed by atoms with E-state index in [9.17, 15) is 9.00 Å². The number of nitrogens with one attached hydrogen (secondary N) is 1. The summed E-state index contributed by atoms with van der Waals surface area (Å²) >= 11 is 0. The SMILES string of the molecule is Cc1cc(NC(=O)[C@@H](C)[S@](=O)c2nnc(C(C)C)n2C)on1. The monoisotopic (exact) mass is 325 g/mol. The third-order valence-corrected chi connectivity index (χ3v) is 4.70. The first kappa shape index (κ1) is 16.3. The molecule has 0 aliphatic carbocycles. The van der Waals surface area contributed by atoms with Gasteiger partial charge in [-0.15, -0.1) is 10.2 Å². The zero-order chi connectivity index (χ0) is 16.4. The molecule has 0 bridgehead atoms. The number of nitrogens with zero attached hydrogens (tertiary/aromatic N) is 4. The fourth-order valence-electron chi connectivity index (χ4n) is 1.91. The molecule has 2 heterocycles. The Hall–Kier alpha value is -2.03. The number of anilines is 1. The minimum Gasteiger partial charge on any atom is -0.338 e. The molecular weight excluding hydrogens is 306 g/mol. The second kappa shape index (κ2) is 6.39. The van der Waals surface area contributed by atoms with E-state index in [0.29, 0.717) is 5.69 Å². The van der Waals surface area contributed by atoms with Gasteiger partial charge in [-0.3, -0.25) is 14.3 Å². The highest BCUT2D eigenvalue weighted by Gasteiger charge is 2.27. The van der Waals surface area contributed by atoms with Crippen molar-refractivity contribution in [2.24, 2.45) is 7.05 Å². The minimum absolute atomic E-state index is 0.157. The van der Waals surface area contributed by atoms with Crippen LogP contribution in [0.4, 0.5) is 5.88 Å². The lowest BCUT2D eigenvalue weighted by atomic mass is 10.2. The Bertz CT molecular complexity index is 706. The fourth-order valence-corrected chi connectivity index (χ4v) is 2.96. The number of rotatable bonds is 5. The number of hydrogen-bond donors (Lipinski definition) is 1. The molecule has 120 valence electrons. The van der Waals surface area contributed by atoms with Crippen LogP contribution in [-0.2, 0) is 22.6 Å². The second-order valence-corrected chi connectivity index (χ2v) is 6.98. The van der Waals surface area contributed by atoms with Gasteiger partial charge >= 0.3 is 0 Å². The molecule has 0 saturated carbocycles. The smallest absolute Gasteiger partial charge is 0.242 e. The van der Waals surface area contributed by atoms with E-state index in [2.05, 4.69) is 20.7 Å². The van der Waals surface area contributed by atoms with Crippen LogP contribution in [0, 0.1) is 6.92 Å². The molecule has 0 aliphatic rings. The molecule has 1 N–H and O–H groups in total. The summed E-state index contributed by atoms with van der Waals surface area (Å²) in [5.41, 5.74) is 0.652. The first-order valence-corrected chi connectivity index (χ1v) is 8.06. The van der Waals surface area contributed by atoms with Crippen LogP contribution in [0.5, 0.6) is 0 Å². The average Bonchev–Trinajstić information content (AvgIpc) is 3.03. The fraction of sp³-hybridized carbons (Fsp3) is 0.538. The standard InChI is InChI=1S/C13H19N5O3S/c1-7(2)11-15-16-13(18(11)5)22(20)9(4)12(19)14-10-6-8(3)17-21-10/h6-7,9H,1-5H3,(H,14,19)/t9-,22+/m1/s1. The molecule has 8 nitrogen and oxygen atoms in total. The third-order valence-electron chi connectivity index (χ3n) is 3.13. The summed E-state index contributed by atoms with van der Waals surface area (Å²) in [5.74, 6) is 0.683. The van der Waals surface area contributed by atoms with Gasteiger partial charge < -0.3 is 9.09 Å². The number of hydrogen-bond acceptors (Lipinski definition) is 6. The van der Waals surface area contributed by atoms with E-state index >= 15 is 0 Å². The Labute approximate surface area is 130 Å². The summed E-state index contributed by atoms with van der Waals surface area (Å²) < 4.78 is 19.1. The van der Waals surface area contributed by atoms with Crippen LogP contribution < -0.4 is 5.32 Å². The van der Waals surface area contributed by atoms with Crippen molar-refractivity contribution >= 4 is 22.6 Å². The number of carbonyl (C=O) groups excluding carboxylic acids is 1. The second-order valence-electron chi connectivity index (χ2n) is 5.32. The maximum Gasteiger partial charge on any atom is 0.242 e. The number of aromatic nitrogens is 4. The van der Waals surface area contributed by atoms with Crippen LogP contribution in [0.2, 0.25) is 0 Å². The highest BCUT2D eigenvalue weighted by atomic mass is 32.2. The average molecular weight is 325 g/mol. The van der Waals surface area contributed by atoms with Crippen molar-refractivity contribution in [2.75, 3.05) is 5.32 Å². The minimum atomic E-state index is -1.62. The quantitative estimate of drug-likeness (QED) is 0.890. The molecule has 0 aliphatic heterocycles. The Morgan fingerprint density at radius 1 is 1.36 bits per heavy atom. The van der Waals surface area contributed by atoms with Crippen LogP contribution in [-0.4, -0.2) is 35.3 Å². The predicted octanol–water partition coefficient (Wildman–Crippen LogP) is 1.37. The Morgan fingerprint density at radius 2 is 2.05 bits per heavy atom. The molecular formula is C13H19N5O3S. The Kier molecular flexibility index (Phi) is 4.74. The third kappa shape index (κ3) is 3.24. The molecule has 0 spiro atoms. The lowest BCUT2D eigenvalue weighted by molar-refractivity contribution is -0.115. The molecule has 2 atom stereocenters. The molecule has 1 amide bonds. The van der Waals surface area contributed by atoms with E-state index in [-0.39, 0.29) is 17.0 Å². The summed E-state index contributed by atoms with van der Waals surface area (Å²) in [7, 11) is 0.126. The van der Waals surface area contributed by atoms with Gasteiger partial charge in [-0.2, -0.15) is 0 Å². The summed E-state index contributed by atoms with van der Waals surface area (Å²) in [6.45, 7) is 7.25. The summed E-state index contributed by atoms with van der Waals surface area (Å²) in [6, 6.07) is 1.59. The highest BCUT2D eigenvalue weighted by Crippen LogP contribution is 2.17. The molecule has 2 aromatic rings. The van der Waals surface area contributed by atoms with Crippen molar-refractivity contribution in [3.63, 3.8) is 0 Å². The van der Waals surface area contributed by atoms with Crippen molar-refractivity contribution in [2.45, 2.75) is 44.0 Å². The van der Waals surface area contributed by atoms with E-state index < -0.39 is 22.0 Å². The maximum absolute atomic E-state index is 12.5. The highest BCUT2D eigenvalue weighted by molar-refractivity contribution is 7.86. The first-order chi connectivity index (χ1) is 10.3. The van der Waals surface area contributed by atoms with E-state index in [1.54, 1.807) is 31.5 Å². The Morgan fingerprint density at radius 3 is 2.55 bits per heavy atom. The van der Waals surface area contributed by atoms with Gasteiger partial charge in [-0.25, -0.2) is 0 Å². The molecule has 0 radical (unpaired) electrons. The lowest BCUT2D eigenvalue weighted by Gasteiger charge is -2.10. The molecule has 22 heavy (non-hydrogen) atoms. The lowest BCUT2D eigenvalue weighted by Crippen LogP contribution is -2.30. The molecule has 0 unspecified atom stereocenters. The van der Waals surface area contributed by atoms with Crippen LogP contribution in [0.1, 0.15) is 38.2 Å². The zero-order valence-corrected chi connectivity index (χ0v) is 14.0.